The molecular weight excluding hydrogens is 1500 g/mol. The van der Waals surface area contributed by atoms with Gasteiger partial charge in [0.05, 0.1) is 48.9 Å². The van der Waals surface area contributed by atoms with Gasteiger partial charge in [0, 0.05) is 83.3 Å². The van der Waals surface area contributed by atoms with Crippen LogP contribution in [0.15, 0.2) is 98.8 Å². The van der Waals surface area contributed by atoms with Gasteiger partial charge in [-0.3, -0.25) is 75.6 Å². The first-order chi connectivity index (χ1) is 47.7. The van der Waals surface area contributed by atoms with Crippen LogP contribution in [0.4, 0.5) is 0 Å². The van der Waals surface area contributed by atoms with Gasteiger partial charge in [0.25, 0.3) is 22.2 Å². The minimum atomic E-state index is -4.76. The van der Waals surface area contributed by atoms with Crippen molar-refractivity contribution in [1.82, 2.24) is 38.2 Å². The summed E-state index contributed by atoms with van der Waals surface area (Å²) in [4.78, 5) is 175. The molecular formula is C57H94N8O34P4S. The summed E-state index contributed by atoms with van der Waals surface area (Å²) in [6.07, 6.45) is -11.4. The molecule has 18 atom stereocenters. The summed E-state index contributed by atoms with van der Waals surface area (Å²) in [6, 6.07) is 4.65. The molecule has 4 aliphatic heterocycles. The van der Waals surface area contributed by atoms with E-state index in [1.165, 1.54) is 90.7 Å². The van der Waals surface area contributed by atoms with E-state index in [0.717, 1.165) is 31.7 Å². The zero-order chi connectivity index (χ0) is 77.7. The Morgan fingerprint density at radius 3 is 1.00 bits per heavy atom. The van der Waals surface area contributed by atoms with Gasteiger partial charge in [0.15, 0.2) is 24.9 Å². The first-order valence-electron chi connectivity index (χ1n) is 31.6. The Labute approximate surface area is 599 Å². The van der Waals surface area contributed by atoms with E-state index in [2.05, 4.69) is 19.9 Å². The van der Waals surface area contributed by atoms with Crippen LogP contribution in [-0.2, 0) is 84.2 Å². The Balaban J connectivity index is 0.000000293. The number of phosphoric ester groups is 2. The van der Waals surface area contributed by atoms with Gasteiger partial charge in [0.1, 0.15) is 67.1 Å². The van der Waals surface area contributed by atoms with Gasteiger partial charge in [-0.1, -0.05) is 0 Å². The number of methoxy groups -OCH3 is 4. The molecule has 42 nitrogen and oxygen atoms in total. The molecule has 0 saturated carbocycles. The number of nitrogens with zero attached hydrogens (tertiary/aromatic N) is 4. The topological polar surface area (TPSA) is 579 Å². The van der Waals surface area contributed by atoms with Crippen molar-refractivity contribution in [3.8, 4) is 0 Å². The third-order valence-corrected chi connectivity index (χ3v) is 18.1. The zero-order valence-electron chi connectivity index (χ0n) is 59.1. The van der Waals surface area contributed by atoms with Gasteiger partial charge < -0.3 is 96.0 Å². The second-order valence-corrected chi connectivity index (χ2v) is 30.3. The number of hydrogen-bond acceptors (Lipinski definition) is 26. The van der Waals surface area contributed by atoms with E-state index in [-0.39, 0.29) is 56.1 Å². The first-order valence-corrected chi connectivity index (χ1v) is 38.1. The second kappa shape index (κ2) is 39.3. The molecule has 4 saturated heterocycles. The fraction of sp³-hybridized carbons (Fsp3) is 0.684. The minimum absolute atomic E-state index is 0. The highest BCUT2D eigenvalue weighted by Crippen LogP contribution is 2.46. The lowest BCUT2D eigenvalue weighted by Crippen LogP contribution is -2.43. The van der Waals surface area contributed by atoms with E-state index in [1.807, 2.05) is 13.8 Å². The van der Waals surface area contributed by atoms with Crippen molar-refractivity contribution in [2.45, 2.75) is 217 Å². The van der Waals surface area contributed by atoms with Gasteiger partial charge in [-0.2, -0.15) is 13.5 Å². The summed E-state index contributed by atoms with van der Waals surface area (Å²) in [6.45, 7) is 18.7. The van der Waals surface area contributed by atoms with Crippen LogP contribution in [0.3, 0.4) is 0 Å². The molecule has 4 fully saturated rings. The fourth-order valence-electron chi connectivity index (χ4n) is 11.5. The van der Waals surface area contributed by atoms with Crippen molar-refractivity contribution in [3.05, 3.63) is 144 Å². The lowest BCUT2D eigenvalue weighted by atomic mass is 10.0. The molecule has 5 unspecified atom stereocenters. The average molecular weight is 1590 g/mol. The maximum Gasteiger partial charge on any atom is 0.469 e. The SMILES string of the molecule is CO[C@H]1C(OC(C)C)[C@@H](/C(C)=C/P(=O)(O)O)O[C@H]1n1ccc(=O)[nH]c1=O.CO[C@H]1C(OC(C)C)[C@@H](C(C)OP(=O)(O)O)O[C@H]1n1ccc(=O)[nH]c1=O.CO[C@H]1C(OC(C)C)[C@@H](CCP(=O)(O)O)O[C@H]1n1ccc(=O)[nH]c1=O.CO[C@H]1C(OC(C)C)[C@@H]([C@H](C)OP(=O)(O)O)O[C@H]1n1ccc(=O)[nH]c1=O.S. The van der Waals surface area contributed by atoms with Crippen molar-refractivity contribution in [1.29, 1.82) is 0 Å². The highest BCUT2D eigenvalue weighted by atomic mass is 32.1. The monoisotopic (exact) mass is 1590 g/mol. The lowest BCUT2D eigenvalue weighted by Gasteiger charge is -2.28. The van der Waals surface area contributed by atoms with Crippen molar-refractivity contribution in [3.63, 3.8) is 0 Å². The molecule has 0 spiro atoms. The van der Waals surface area contributed by atoms with Gasteiger partial charge >= 0.3 is 53.6 Å². The number of rotatable bonds is 27. The van der Waals surface area contributed by atoms with Crippen LogP contribution in [0.2, 0.25) is 0 Å². The predicted octanol–water partition coefficient (Wildman–Crippen LogP) is -0.272. The molecule has 592 valence electrons. The van der Waals surface area contributed by atoms with E-state index >= 15 is 0 Å². The van der Waals surface area contributed by atoms with E-state index in [4.69, 9.17) is 95.3 Å². The van der Waals surface area contributed by atoms with Crippen LogP contribution < -0.4 is 45.0 Å². The van der Waals surface area contributed by atoms with Crippen LogP contribution in [0.25, 0.3) is 0 Å². The lowest BCUT2D eigenvalue weighted by molar-refractivity contribution is -0.102. The standard InChI is InChI=1S/C15H23N2O8P.2C14H23N2O9P.C14H23N2O8P.H2S/c1-8(2)24-12-11(9(3)7-26(20,21)22)25-14(13(12)23-4)17-6-5-10(18)16-15(17)19;2*1-7(2)23-11-10(8(3)25-26(19,20)21)24-13(12(11)22-4)16-6-5-9(17)15-14(16)18;1-8(2)23-11-9(5-7-25(19,20)21)24-13(12(11)22-3)16-6-4-10(17)15-14(16)18;/h5-8,11-14H,1-4H3,(H,16,18,19)(H2,20,21,22);2*5-8,10-13H,1-4H3,(H,15,17,18)(H2,19,20,21);4,6,8-9,11-13H,5,7H2,1-3H3,(H,15,17,18)(H2,19,20,21);1H2/b9-7+;;;;/t11-,12?,13+,14-;8?,10-,11?,12+,13-;8-,10+,11?,12-,13+;9-,11?,12+,13-;/m1101./s1. The molecule has 47 heteroatoms. The minimum Gasteiger partial charge on any atom is -0.374 e. The average Bonchev–Trinajstić information content (AvgIpc) is 1.65. The molecule has 0 radical (unpaired) electrons. The maximum atomic E-state index is 12.1. The van der Waals surface area contributed by atoms with Crippen LogP contribution in [0.1, 0.15) is 107 Å². The Hall–Kier alpha value is -5.15. The number of H-pyrrole nitrogens is 4. The normalized spacial score (nSPS) is 27.2. The summed E-state index contributed by atoms with van der Waals surface area (Å²) in [5.74, 6) is 0.805. The predicted molar refractivity (Wildman–Crippen MR) is 367 cm³/mol. The molecule has 0 bridgehead atoms. The van der Waals surface area contributed by atoms with E-state index in [9.17, 15) is 66.4 Å². The molecule has 12 N–H and O–H groups in total. The van der Waals surface area contributed by atoms with Crippen molar-refractivity contribution in [2.75, 3.05) is 34.6 Å². The molecule has 4 aliphatic rings. The van der Waals surface area contributed by atoms with Crippen LogP contribution >= 0.6 is 44.3 Å². The Morgan fingerprint density at radius 1 is 0.442 bits per heavy atom. The van der Waals surface area contributed by atoms with Gasteiger partial charge in [0.2, 0.25) is 0 Å². The number of aromatic nitrogens is 8. The summed E-state index contributed by atoms with van der Waals surface area (Å²) in [7, 11) is -12.5. The van der Waals surface area contributed by atoms with Gasteiger partial charge in [-0.15, -0.1) is 0 Å². The molecule has 0 aliphatic carbocycles. The van der Waals surface area contributed by atoms with Crippen LogP contribution in [0, 0.1) is 0 Å². The Bertz CT molecular complexity index is 4020. The van der Waals surface area contributed by atoms with Crippen molar-refractivity contribution in [2.24, 2.45) is 0 Å². The quantitative estimate of drug-likeness (QED) is 0.0342. The number of hydrogen-bond donors (Lipinski definition) is 12. The van der Waals surface area contributed by atoms with E-state index in [1.54, 1.807) is 41.5 Å². The number of ether oxygens (including phenoxy) is 12. The molecule has 0 aromatic carbocycles. The summed E-state index contributed by atoms with van der Waals surface area (Å²) in [5.41, 5.74) is -4.75. The third kappa shape index (κ3) is 26.3. The highest BCUT2D eigenvalue weighted by Gasteiger charge is 2.54. The van der Waals surface area contributed by atoms with E-state index in [0.29, 0.717) is 0 Å². The summed E-state index contributed by atoms with van der Waals surface area (Å²) < 4.78 is 127. The zero-order valence-corrected chi connectivity index (χ0v) is 63.7. The fourth-order valence-corrected chi connectivity index (χ4v) is 13.9. The molecule has 4 aromatic rings. The maximum absolute atomic E-state index is 12.1. The van der Waals surface area contributed by atoms with Crippen molar-refractivity contribution < 1.29 is 123 Å². The molecule has 0 amide bonds. The molecule has 104 heavy (non-hydrogen) atoms. The smallest absolute Gasteiger partial charge is 0.374 e. The third-order valence-electron chi connectivity index (χ3n) is 15.3. The molecule has 8 rings (SSSR count). The van der Waals surface area contributed by atoms with Gasteiger partial charge in [-0.05, 0) is 88.2 Å². The summed E-state index contributed by atoms with van der Waals surface area (Å²) >= 11 is 0. The largest absolute Gasteiger partial charge is 0.469 e. The Kier molecular flexibility index (Phi) is 34.5. The number of nitrogens with one attached hydrogen (secondary N) is 4. The Morgan fingerprint density at radius 2 is 0.721 bits per heavy atom. The van der Waals surface area contributed by atoms with Crippen molar-refractivity contribution >= 4 is 44.3 Å². The van der Waals surface area contributed by atoms with Gasteiger partial charge in [-0.25, -0.2) is 28.3 Å². The number of phosphoric acid groups is 2. The molecule has 8 heterocycles. The highest BCUT2D eigenvalue weighted by molar-refractivity contribution is 7.59. The van der Waals surface area contributed by atoms with Crippen LogP contribution in [-0.4, -0.2) is 222 Å². The van der Waals surface area contributed by atoms with Crippen LogP contribution in [0.5, 0.6) is 0 Å². The summed E-state index contributed by atoms with van der Waals surface area (Å²) in [5, 5.41) is 0. The second-order valence-electron chi connectivity index (χ2n) is 24.7. The first kappa shape index (κ1) is 91.2. The molecule has 4 aromatic heterocycles. The number of aromatic amines is 4. The van der Waals surface area contributed by atoms with E-state index < -0.39 is 186 Å².